The lowest BCUT2D eigenvalue weighted by Crippen LogP contribution is -2.34. The van der Waals surface area contributed by atoms with E-state index in [1.807, 2.05) is 12.1 Å². The Kier molecular flexibility index (Phi) is 4.21. The second kappa shape index (κ2) is 5.71. The topological polar surface area (TPSA) is 56.9 Å². The molecule has 0 spiro atoms. The van der Waals surface area contributed by atoms with Crippen LogP contribution in [0.5, 0.6) is 0 Å². The summed E-state index contributed by atoms with van der Waals surface area (Å²) in [6, 6.07) is 7.87. The van der Waals surface area contributed by atoms with E-state index in [0.717, 1.165) is 25.7 Å². The minimum absolute atomic E-state index is 0.618. The average molecular weight is 258 g/mol. The highest BCUT2D eigenvalue weighted by atomic mass is 16.3. The van der Waals surface area contributed by atoms with Gasteiger partial charge < -0.3 is 5.11 Å². The molecule has 0 bridgehead atoms. The number of nitrogens with zero attached hydrogens (tertiary/aromatic N) is 2. The molecule has 0 radical (unpaired) electrons. The van der Waals surface area contributed by atoms with Gasteiger partial charge in [0.05, 0.1) is 17.2 Å². The van der Waals surface area contributed by atoms with Crippen molar-refractivity contribution in [3.8, 4) is 6.07 Å². The van der Waals surface area contributed by atoms with Crippen LogP contribution < -0.4 is 0 Å². The Hall–Kier alpha value is -1.40. The van der Waals surface area contributed by atoms with Gasteiger partial charge in [0.25, 0.3) is 0 Å². The third kappa shape index (κ3) is 2.79. The highest BCUT2D eigenvalue weighted by Crippen LogP contribution is 2.48. The van der Waals surface area contributed by atoms with Crippen LogP contribution in [0.15, 0.2) is 24.4 Å². The van der Waals surface area contributed by atoms with Crippen LogP contribution in [-0.4, -0.2) is 10.1 Å². The third-order valence-corrected chi connectivity index (χ3v) is 4.58. The molecule has 19 heavy (non-hydrogen) atoms. The van der Waals surface area contributed by atoms with Gasteiger partial charge in [-0.15, -0.1) is 0 Å². The van der Waals surface area contributed by atoms with Crippen LogP contribution in [-0.2, 0) is 0 Å². The Bertz CT molecular complexity index is 442. The number of aliphatic hydroxyl groups is 1. The minimum Gasteiger partial charge on any atom is -0.385 e. The first kappa shape index (κ1) is 14.0. The van der Waals surface area contributed by atoms with Crippen LogP contribution in [0.4, 0.5) is 0 Å². The second-order valence-corrected chi connectivity index (χ2v) is 6.01. The van der Waals surface area contributed by atoms with Crippen molar-refractivity contribution in [3.63, 3.8) is 0 Å². The number of pyridine rings is 1. The van der Waals surface area contributed by atoms with Crippen molar-refractivity contribution in [2.45, 2.75) is 45.6 Å². The predicted molar refractivity (Wildman–Crippen MR) is 74.0 cm³/mol. The molecule has 1 aliphatic carbocycles. The third-order valence-electron chi connectivity index (χ3n) is 4.58. The molecule has 1 saturated carbocycles. The summed E-state index contributed by atoms with van der Waals surface area (Å²) < 4.78 is 0. The zero-order chi connectivity index (χ0) is 13.9. The molecule has 0 saturated heterocycles. The number of aromatic nitrogens is 1. The molecule has 3 heteroatoms. The summed E-state index contributed by atoms with van der Waals surface area (Å²) in [4.78, 5) is 4.20. The van der Waals surface area contributed by atoms with Crippen molar-refractivity contribution in [3.05, 3.63) is 30.1 Å². The Morgan fingerprint density at radius 1 is 1.37 bits per heavy atom. The van der Waals surface area contributed by atoms with Gasteiger partial charge in [0, 0.05) is 6.20 Å². The Balaban J connectivity index is 2.15. The van der Waals surface area contributed by atoms with Crippen molar-refractivity contribution in [1.82, 2.24) is 4.98 Å². The quantitative estimate of drug-likeness (QED) is 0.903. The van der Waals surface area contributed by atoms with Crippen molar-refractivity contribution in [2.75, 3.05) is 0 Å². The summed E-state index contributed by atoms with van der Waals surface area (Å²) in [5, 5.41) is 20.1. The van der Waals surface area contributed by atoms with Gasteiger partial charge in [-0.2, -0.15) is 5.26 Å². The van der Waals surface area contributed by atoms with E-state index in [2.05, 4.69) is 24.9 Å². The van der Waals surface area contributed by atoms with Gasteiger partial charge in [0.2, 0.25) is 0 Å². The van der Waals surface area contributed by atoms with E-state index < -0.39 is 11.5 Å². The zero-order valence-corrected chi connectivity index (χ0v) is 11.7. The molecule has 1 heterocycles. The lowest BCUT2D eigenvalue weighted by Gasteiger charge is -2.39. The van der Waals surface area contributed by atoms with Crippen LogP contribution in [0, 0.1) is 28.6 Å². The zero-order valence-electron chi connectivity index (χ0n) is 11.7. The summed E-state index contributed by atoms with van der Waals surface area (Å²) in [6.45, 7) is 4.47. The molecule has 3 nitrogen and oxygen atoms in total. The van der Waals surface area contributed by atoms with Crippen molar-refractivity contribution < 1.29 is 5.11 Å². The van der Waals surface area contributed by atoms with Gasteiger partial charge in [0.1, 0.15) is 6.10 Å². The molecule has 0 amide bonds. The molecule has 2 rings (SSSR count). The van der Waals surface area contributed by atoms with Gasteiger partial charge >= 0.3 is 0 Å². The molecule has 102 valence electrons. The van der Waals surface area contributed by atoms with Crippen LogP contribution in [0.25, 0.3) is 0 Å². The molecule has 0 aliphatic heterocycles. The fourth-order valence-electron chi connectivity index (χ4n) is 3.09. The summed E-state index contributed by atoms with van der Waals surface area (Å²) >= 11 is 0. The van der Waals surface area contributed by atoms with Crippen molar-refractivity contribution in [2.24, 2.45) is 17.3 Å². The average Bonchev–Trinajstić information content (AvgIpc) is 2.47. The molecule has 1 atom stereocenters. The summed E-state index contributed by atoms with van der Waals surface area (Å²) in [6.07, 6.45) is 4.48. The van der Waals surface area contributed by atoms with Crippen molar-refractivity contribution >= 4 is 0 Å². The highest BCUT2D eigenvalue weighted by molar-refractivity contribution is 5.16. The lowest BCUT2D eigenvalue weighted by molar-refractivity contribution is 0.0162. The van der Waals surface area contributed by atoms with Gasteiger partial charge in [-0.25, -0.2) is 0 Å². The van der Waals surface area contributed by atoms with E-state index >= 15 is 0 Å². The molecule has 1 N–H and O–H groups in total. The number of hydrogen-bond donors (Lipinski definition) is 1. The molecular weight excluding hydrogens is 236 g/mol. The van der Waals surface area contributed by atoms with Crippen molar-refractivity contribution in [1.29, 1.82) is 5.26 Å². The van der Waals surface area contributed by atoms with Gasteiger partial charge in [-0.05, 0) is 49.7 Å². The van der Waals surface area contributed by atoms with Crippen LogP contribution in [0.1, 0.15) is 51.3 Å². The normalized spacial score (nSPS) is 28.9. The summed E-state index contributed by atoms with van der Waals surface area (Å²) in [5.74, 6) is 1.33. The maximum Gasteiger partial charge on any atom is 0.114 e. The van der Waals surface area contributed by atoms with Gasteiger partial charge in [-0.3, -0.25) is 4.98 Å². The Morgan fingerprint density at radius 3 is 2.53 bits per heavy atom. The molecule has 1 aromatic heterocycles. The fraction of sp³-hybridized carbons (Fsp3) is 0.625. The fourth-order valence-corrected chi connectivity index (χ4v) is 3.09. The smallest absolute Gasteiger partial charge is 0.114 e. The minimum atomic E-state index is -0.771. The van der Waals surface area contributed by atoms with E-state index in [9.17, 15) is 10.4 Å². The first-order valence-corrected chi connectivity index (χ1v) is 7.09. The SMILES string of the molecule is CC(C)C1CCC(C#N)(C(O)c2ccccn2)CC1. The number of nitriles is 1. The molecule has 1 fully saturated rings. The van der Waals surface area contributed by atoms with Crippen LogP contribution in [0.2, 0.25) is 0 Å². The predicted octanol–water partition coefficient (Wildman–Crippen LogP) is 3.47. The van der Waals surface area contributed by atoms with E-state index in [4.69, 9.17) is 0 Å². The van der Waals surface area contributed by atoms with Gasteiger partial charge in [-0.1, -0.05) is 19.9 Å². The Labute approximate surface area is 115 Å². The first-order valence-electron chi connectivity index (χ1n) is 7.09. The molecule has 1 aliphatic rings. The maximum atomic E-state index is 10.5. The summed E-state index contributed by atoms with van der Waals surface area (Å²) in [7, 11) is 0. The molecule has 0 aromatic carbocycles. The lowest BCUT2D eigenvalue weighted by atomic mass is 9.65. The Morgan fingerprint density at radius 2 is 2.05 bits per heavy atom. The van der Waals surface area contributed by atoms with E-state index in [1.54, 1.807) is 12.3 Å². The van der Waals surface area contributed by atoms with E-state index in [1.165, 1.54) is 0 Å². The molecule has 1 aromatic rings. The standard InChI is InChI=1S/C16H22N2O/c1-12(2)13-6-8-16(11-17,9-7-13)15(19)14-5-3-4-10-18-14/h3-5,10,12-13,15,19H,6-9H2,1-2H3. The molecular formula is C16H22N2O. The number of aliphatic hydroxyl groups excluding tert-OH is 1. The monoisotopic (exact) mass is 258 g/mol. The maximum absolute atomic E-state index is 10.5. The number of hydrogen-bond acceptors (Lipinski definition) is 3. The second-order valence-electron chi connectivity index (χ2n) is 6.01. The first-order chi connectivity index (χ1) is 9.09. The highest BCUT2D eigenvalue weighted by Gasteiger charge is 2.43. The van der Waals surface area contributed by atoms with Gasteiger partial charge in [0.15, 0.2) is 0 Å². The van der Waals surface area contributed by atoms with E-state index in [-0.39, 0.29) is 0 Å². The van der Waals surface area contributed by atoms with Crippen LogP contribution in [0.3, 0.4) is 0 Å². The van der Waals surface area contributed by atoms with E-state index in [0.29, 0.717) is 17.5 Å². The molecule has 1 unspecified atom stereocenters. The largest absolute Gasteiger partial charge is 0.385 e. The summed E-state index contributed by atoms with van der Waals surface area (Å²) in [5.41, 5.74) is -0.0354. The number of rotatable bonds is 3. The van der Waals surface area contributed by atoms with Crippen LogP contribution >= 0.6 is 0 Å².